The van der Waals surface area contributed by atoms with Crippen LogP contribution in [0, 0.1) is 17.8 Å². The third-order valence-corrected chi connectivity index (χ3v) is 4.36. The first-order valence-electron chi connectivity index (χ1n) is 7.73. The van der Waals surface area contributed by atoms with E-state index in [9.17, 15) is 14.7 Å². The highest BCUT2D eigenvalue weighted by atomic mass is 16.3. The molecule has 5 nitrogen and oxygen atoms in total. The second kappa shape index (κ2) is 6.57. The molecule has 0 spiro atoms. The molecule has 1 heterocycles. The maximum atomic E-state index is 12.3. The summed E-state index contributed by atoms with van der Waals surface area (Å²) in [6, 6.07) is -0.197. The van der Waals surface area contributed by atoms with Crippen LogP contribution in [0.5, 0.6) is 0 Å². The Morgan fingerprint density at radius 1 is 1.25 bits per heavy atom. The first-order chi connectivity index (χ1) is 9.52. The fraction of sp³-hybridized carbons (Fsp3) is 0.867. The van der Waals surface area contributed by atoms with Gasteiger partial charge in [0.2, 0.25) is 11.8 Å². The maximum Gasteiger partial charge on any atom is 0.225 e. The highest BCUT2D eigenvalue weighted by molar-refractivity contribution is 5.83. The Labute approximate surface area is 120 Å². The number of nitrogens with zero attached hydrogens (tertiary/aromatic N) is 1. The van der Waals surface area contributed by atoms with Crippen LogP contribution in [0.1, 0.15) is 39.5 Å². The van der Waals surface area contributed by atoms with Crippen molar-refractivity contribution in [3.05, 3.63) is 0 Å². The van der Waals surface area contributed by atoms with Crippen LogP contribution in [0.3, 0.4) is 0 Å². The lowest BCUT2D eigenvalue weighted by atomic mass is 9.95. The predicted molar refractivity (Wildman–Crippen MR) is 75.9 cm³/mol. The Morgan fingerprint density at radius 3 is 2.50 bits per heavy atom. The summed E-state index contributed by atoms with van der Waals surface area (Å²) in [7, 11) is 0. The fourth-order valence-electron chi connectivity index (χ4n) is 2.70. The van der Waals surface area contributed by atoms with Crippen LogP contribution in [0.25, 0.3) is 0 Å². The number of carbonyl (C=O) groups is 2. The van der Waals surface area contributed by atoms with Crippen LogP contribution in [-0.4, -0.2) is 47.6 Å². The molecule has 2 aliphatic rings. The standard InChI is InChI=1S/C15H26N2O3/c1-10(2)13(9-18)16-14(19)12-4-3-7-17(8-12)15(20)11-5-6-11/h10-13,18H,3-9H2,1-2H3,(H,16,19)/t12?,13-/m1/s1. The van der Waals surface area contributed by atoms with Gasteiger partial charge in [-0.3, -0.25) is 9.59 Å². The minimum atomic E-state index is -0.197. The van der Waals surface area contributed by atoms with Crippen molar-refractivity contribution >= 4 is 11.8 Å². The lowest BCUT2D eigenvalue weighted by Crippen LogP contribution is -2.49. The molecule has 1 saturated heterocycles. The van der Waals surface area contributed by atoms with Crippen molar-refractivity contribution in [2.24, 2.45) is 17.8 Å². The molecule has 20 heavy (non-hydrogen) atoms. The van der Waals surface area contributed by atoms with Gasteiger partial charge in [-0.2, -0.15) is 0 Å². The SMILES string of the molecule is CC(C)[C@@H](CO)NC(=O)C1CCCN(C(=O)C2CC2)C1. The van der Waals surface area contributed by atoms with E-state index in [1.807, 2.05) is 18.7 Å². The zero-order valence-corrected chi connectivity index (χ0v) is 12.5. The van der Waals surface area contributed by atoms with Crippen LogP contribution in [0.15, 0.2) is 0 Å². The Balaban J connectivity index is 1.87. The molecular weight excluding hydrogens is 256 g/mol. The van der Waals surface area contributed by atoms with Crippen molar-refractivity contribution in [2.75, 3.05) is 19.7 Å². The summed E-state index contributed by atoms with van der Waals surface area (Å²) in [4.78, 5) is 26.2. The van der Waals surface area contributed by atoms with Crippen molar-refractivity contribution in [1.29, 1.82) is 0 Å². The number of rotatable bonds is 5. The molecule has 0 aromatic heterocycles. The number of hydrogen-bond acceptors (Lipinski definition) is 3. The Kier molecular flexibility index (Phi) is 5.02. The number of hydrogen-bond donors (Lipinski definition) is 2. The Hall–Kier alpha value is -1.10. The molecule has 0 bridgehead atoms. The summed E-state index contributed by atoms with van der Waals surface area (Å²) in [5.74, 6) is 0.504. The molecule has 1 aliphatic heterocycles. The zero-order chi connectivity index (χ0) is 14.7. The van der Waals surface area contributed by atoms with Gasteiger partial charge in [0, 0.05) is 19.0 Å². The molecule has 2 N–H and O–H groups in total. The smallest absolute Gasteiger partial charge is 0.225 e. The Bertz CT molecular complexity index is 366. The van der Waals surface area contributed by atoms with E-state index in [-0.39, 0.29) is 42.2 Å². The first kappa shape index (κ1) is 15.3. The maximum absolute atomic E-state index is 12.3. The minimum absolute atomic E-state index is 0.0222. The first-order valence-corrected chi connectivity index (χ1v) is 7.73. The number of likely N-dealkylation sites (tertiary alicyclic amines) is 1. The second-order valence-corrected chi connectivity index (χ2v) is 6.44. The average molecular weight is 282 g/mol. The molecule has 5 heteroatoms. The topological polar surface area (TPSA) is 69.6 Å². The molecule has 2 fully saturated rings. The van der Waals surface area contributed by atoms with Gasteiger partial charge < -0.3 is 15.3 Å². The summed E-state index contributed by atoms with van der Waals surface area (Å²) in [6.07, 6.45) is 3.73. The van der Waals surface area contributed by atoms with Crippen LogP contribution in [0.2, 0.25) is 0 Å². The van der Waals surface area contributed by atoms with Crippen molar-refractivity contribution in [1.82, 2.24) is 10.2 Å². The largest absolute Gasteiger partial charge is 0.394 e. The van der Waals surface area contributed by atoms with Gasteiger partial charge in [0.05, 0.1) is 18.6 Å². The van der Waals surface area contributed by atoms with Crippen LogP contribution >= 0.6 is 0 Å². The van der Waals surface area contributed by atoms with Gasteiger partial charge in [0.25, 0.3) is 0 Å². The third-order valence-electron chi connectivity index (χ3n) is 4.36. The van der Waals surface area contributed by atoms with Crippen molar-refractivity contribution in [3.63, 3.8) is 0 Å². The van der Waals surface area contributed by atoms with Crippen LogP contribution in [0.4, 0.5) is 0 Å². The fourth-order valence-corrected chi connectivity index (χ4v) is 2.70. The molecule has 2 atom stereocenters. The second-order valence-electron chi connectivity index (χ2n) is 6.44. The van der Waals surface area contributed by atoms with E-state index < -0.39 is 0 Å². The summed E-state index contributed by atoms with van der Waals surface area (Å²) in [5.41, 5.74) is 0. The van der Waals surface area contributed by atoms with Gasteiger partial charge in [-0.25, -0.2) is 0 Å². The summed E-state index contributed by atoms with van der Waals surface area (Å²) in [6.45, 7) is 5.24. The summed E-state index contributed by atoms with van der Waals surface area (Å²) >= 11 is 0. The van der Waals surface area contributed by atoms with Gasteiger partial charge in [-0.1, -0.05) is 13.8 Å². The number of amides is 2. The normalized spacial score (nSPS) is 24.6. The minimum Gasteiger partial charge on any atom is -0.394 e. The van der Waals surface area contributed by atoms with Crippen molar-refractivity contribution in [2.45, 2.75) is 45.6 Å². The lowest BCUT2D eigenvalue weighted by Gasteiger charge is -2.33. The van der Waals surface area contributed by atoms with E-state index in [1.54, 1.807) is 0 Å². The lowest BCUT2D eigenvalue weighted by molar-refractivity contribution is -0.137. The third kappa shape index (κ3) is 3.72. The summed E-state index contributed by atoms with van der Waals surface area (Å²) < 4.78 is 0. The van der Waals surface area contributed by atoms with Gasteiger partial charge in [0.15, 0.2) is 0 Å². The molecule has 114 valence electrons. The Morgan fingerprint density at radius 2 is 1.95 bits per heavy atom. The van der Waals surface area contributed by atoms with Crippen molar-refractivity contribution < 1.29 is 14.7 Å². The molecule has 0 radical (unpaired) electrons. The quantitative estimate of drug-likeness (QED) is 0.782. The van der Waals surface area contributed by atoms with E-state index in [0.717, 1.165) is 32.2 Å². The number of aliphatic hydroxyl groups is 1. The number of piperidine rings is 1. The van der Waals surface area contributed by atoms with Gasteiger partial charge in [-0.15, -0.1) is 0 Å². The molecular formula is C15H26N2O3. The highest BCUT2D eigenvalue weighted by Crippen LogP contribution is 2.32. The van der Waals surface area contributed by atoms with E-state index in [1.165, 1.54) is 0 Å². The molecule has 0 aromatic carbocycles. The molecule has 2 rings (SSSR count). The van der Waals surface area contributed by atoms with Gasteiger partial charge in [-0.05, 0) is 31.6 Å². The van der Waals surface area contributed by atoms with Crippen molar-refractivity contribution in [3.8, 4) is 0 Å². The monoisotopic (exact) mass is 282 g/mol. The van der Waals surface area contributed by atoms with E-state index >= 15 is 0 Å². The van der Waals surface area contributed by atoms with E-state index in [2.05, 4.69) is 5.32 Å². The van der Waals surface area contributed by atoms with E-state index in [4.69, 9.17) is 0 Å². The molecule has 1 aliphatic carbocycles. The van der Waals surface area contributed by atoms with Gasteiger partial charge in [0.1, 0.15) is 0 Å². The molecule has 2 amide bonds. The molecule has 0 aromatic rings. The molecule has 1 unspecified atom stereocenters. The zero-order valence-electron chi connectivity index (χ0n) is 12.5. The van der Waals surface area contributed by atoms with E-state index in [0.29, 0.717) is 6.54 Å². The van der Waals surface area contributed by atoms with Crippen LogP contribution < -0.4 is 5.32 Å². The predicted octanol–water partition coefficient (Wildman–Crippen LogP) is 0.768. The number of aliphatic hydroxyl groups excluding tert-OH is 1. The number of carbonyl (C=O) groups excluding carboxylic acids is 2. The highest BCUT2D eigenvalue weighted by Gasteiger charge is 2.37. The molecule has 1 saturated carbocycles. The van der Waals surface area contributed by atoms with Gasteiger partial charge >= 0.3 is 0 Å². The number of nitrogens with one attached hydrogen (secondary N) is 1. The van der Waals surface area contributed by atoms with Crippen LogP contribution in [-0.2, 0) is 9.59 Å². The average Bonchev–Trinajstić information content (AvgIpc) is 3.28. The summed E-state index contributed by atoms with van der Waals surface area (Å²) in [5, 5.41) is 12.2.